The summed E-state index contributed by atoms with van der Waals surface area (Å²) in [6, 6.07) is 15.5. The summed E-state index contributed by atoms with van der Waals surface area (Å²) in [5.74, 6) is 1.59. The van der Waals surface area contributed by atoms with E-state index in [9.17, 15) is 0 Å². The molecular formula is C16H20N2O2. The van der Waals surface area contributed by atoms with Crippen LogP contribution in [0.15, 0.2) is 48.5 Å². The lowest BCUT2D eigenvalue weighted by atomic mass is 10.3. The fourth-order valence-corrected chi connectivity index (χ4v) is 1.87. The monoisotopic (exact) mass is 272 g/mol. The highest BCUT2D eigenvalue weighted by Gasteiger charge is 2.03. The number of rotatable bonds is 6. The molecule has 0 saturated carbocycles. The Morgan fingerprint density at radius 3 is 2.40 bits per heavy atom. The number of nitrogens with two attached hydrogens (primary N) is 1. The van der Waals surface area contributed by atoms with Gasteiger partial charge in [0.05, 0.1) is 19.3 Å². The Bertz CT molecular complexity index is 540. The third-order valence-corrected chi connectivity index (χ3v) is 3.12. The van der Waals surface area contributed by atoms with Crippen molar-refractivity contribution in [3.63, 3.8) is 0 Å². The minimum absolute atomic E-state index is 0.580. The van der Waals surface area contributed by atoms with Gasteiger partial charge in [0.1, 0.15) is 18.1 Å². The molecule has 0 aromatic heterocycles. The number of para-hydroxylation sites is 2. The van der Waals surface area contributed by atoms with Gasteiger partial charge in [-0.15, -0.1) is 0 Å². The highest BCUT2D eigenvalue weighted by Crippen LogP contribution is 2.20. The van der Waals surface area contributed by atoms with Crippen LogP contribution in [0.5, 0.6) is 11.5 Å². The fraction of sp³-hybridized carbons (Fsp3) is 0.250. The maximum Gasteiger partial charge on any atom is 0.142 e. The van der Waals surface area contributed by atoms with Crippen molar-refractivity contribution in [2.24, 2.45) is 0 Å². The lowest BCUT2D eigenvalue weighted by Crippen LogP contribution is -2.23. The van der Waals surface area contributed by atoms with Crippen LogP contribution >= 0.6 is 0 Å². The molecular weight excluding hydrogens is 252 g/mol. The summed E-state index contributed by atoms with van der Waals surface area (Å²) in [7, 11) is 3.69. The van der Waals surface area contributed by atoms with E-state index in [0.29, 0.717) is 12.3 Å². The first-order valence-electron chi connectivity index (χ1n) is 6.53. The Labute approximate surface area is 119 Å². The predicted octanol–water partition coefficient (Wildman–Crippen LogP) is 2.79. The fourth-order valence-electron chi connectivity index (χ4n) is 1.87. The molecule has 4 heteroatoms. The SMILES string of the molecule is COc1ccc(N(C)CCOc2ccccc2N)cc1. The number of likely N-dealkylation sites (N-methyl/N-ethyl adjacent to an activating group) is 1. The van der Waals surface area contributed by atoms with Gasteiger partial charge in [-0.3, -0.25) is 0 Å². The molecule has 0 fully saturated rings. The molecule has 2 N–H and O–H groups in total. The van der Waals surface area contributed by atoms with E-state index in [2.05, 4.69) is 4.90 Å². The van der Waals surface area contributed by atoms with Crippen molar-refractivity contribution in [2.75, 3.05) is 37.9 Å². The molecule has 0 heterocycles. The van der Waals surface area contributed by atoms with Gasteiger partial charge in [0.15, 0.2) is 0 Å². The van der Waals surface area contributed by atoms with Gasteiger partial charge in [-0.1, -0.05) is 12.1 Å². The van der Waals surface area contributed by atoms with E-state index < -0.39 is 0 Å². The normalized spacial score (nSPS) is 10.1. The molecule has 0 bridgehead atoms. The first-order chi connectivity index (χ1) is 9.70. The summed E-state index contributed by atoms with van der Waals surface area (Å²) in [5.41, 5.74) is 7.62. The minimum Gasteiger partial charge on any atom is -0.497 e. The van der Waals surface area contributed by atoms with Crippen molar-refractivity contribution in [2.45, 2.75) is 0 Å². The molecule has 0 atom stereocenters. The van der Waals surface area contributed by atoms with Crippen molar-refractivity contribution in [1.82, 2.24) is 0 Å². The van der Waals surface area contributed by atoms with Crippen LogP contribution in [-0.4, -0.2) is 27.3 Å². The molecule has 0 amide bonds. The van der Waals surface area contributed by atoms with E-state index in [1.165, 1.54) is 0 Å². The second-order valence-corrected chi connectivity index (χ2v) is 4.51. The van der Waals surface area contributed by atoms with Crippen LogP contribution in [0.1, 0.15) is 0 Å². The molecule has 106 valence electrons. The molecule has 2 aromatic rings. The molecule has 20 heavy (non-hydrogen) atoms. The van der Waals surface area contributed by atoms with Crippen LogP contribution in [0.2, 0.25) is 0 Å². The number of hydrogen-bond acceptors (Lipinski definition) is 4. The topological polar surface area (TPSA) is 47.7 Å². The largest absolute Gasteiger partial charge is 0.497 e. The zero-order chi connectivity index (χ0) is 14.4. The van der Waals surface area contributed by atoms with Crippen LogP contribution in [-0.2, 0) is 0 Å². The van der Waals surface area contributed by atoms with Crippen LogP contribution in [0.3, 0.4) is 0 Å². The molecule has 0 aliphatic carbocycles. The highest BCUT2D eigenvalue weighted by atomic mass is 16.5. The Hall–Kier alpha value is -2.36. The predicted molar refractivity (Wildman–Crippen MR) is 82.6 cm³/mol. The van der Waals surface area contributed by atoms with Gasteiger partial charge in [-0.05, 0) is 36.4 Å². The first-order valence-corrected chi connectivity index (χ1v) is 6.53. The number of hydrogen-bond donors (Lipinski definition) is 1. The standard InChI is InChI=1S/C16H20N2O2/c1-18(13-7-9-14(19-2)10-8-13)11-12-20-16-6-4-3-5-15(16)17/h3-10H,11-12,17H2,1-2H3. The molecule has 2 aromatic carbocycles. The van der Waals surface area contributed by atoms with Gasteiger partial charge in [0.25, 0.3) is 0 Å². The van der Waals surface area contributed by atoms with E-state index in [1.807, 2.05) is 55.6 Å². The third-order valence-electron chi connectivity index (χ3n) is 3.12. The second kappa shape index (κ2) is 6.70. The Morgan fingerprint density at radius 2 is 1.75 bits per heavy atom. The van der Waals surface area contributed by atoms with Gasteiger partial charge in [0, 0.05) is 12.7 Å². The number of nitrogens with zero attached hydrogens (tertiary/aromatic N) is 1. The number of ether oxygens (including phenoxy) is 2. The van der Waals surface area contributed by atoms with Gasteiger partial charge in [-0.25, -0.2) is 0 Å². The van der Waals surface area contributed by atoms with Crippen molar-refractivity contribution in [3.05, 3.63) is 48.5 Å². The Morgan fingerprint density at radius 1 is 1.05 bits per heavy atom. The number of nitrogen functional groups attached to an aromatic ring is 1. The van der Waals surface area contributed by atoms with Gasteiger partial charge >= 0.3 is 0 Å². The average Bonchev–Trinajstić information content (AvgIpc) is 2.49. The zero-order valence-electron chi connectivity index (χ0n) is 11.9. The smallest absolute Gasteiger partial charge is 0.142 e. The van der Waals surface area contributed by atoms with Crippen molar-refractivity contribution in [3.8, 4) is 11.5 Å². The second-order valence-electron chi connectivity index (χ2n) is 4.51. The Kier molecular flexibility index (Phi) is 4.71. The van der Waals surface area contributed by atoms with Gasteiger partial charge < -0.3 is 20.1 Å². The molecule has 0 radical (unpaired) electrons. The van der Waals surface area contributed by atoms with Crippen LogP contribution in [0.25, 0.3) is 0 Å². The van der Waals surface area contributed by atoms with E-state index in [-0.39, 0.29) is 0 Å². The first kappa shape index (κ1) is 14.1. The zero-order valence-corrected chi connectivity index (χ0v) is 11.9. The number of benzene rings is 2. The quantitative estimate of drug-likeness (QED) is 0.821. The minimum atomic E-state index is 0.580. The summed E-state index contributed by atoms with van der Waals surface area (Å²) in [4.78, 5) is 2.12. The number of anilines is 2. The van der Waals surface area contributed by atoms with Gasteiger partial charge in [0.2, 0.25) is 0 Å². The summed E-state index contributed by atoms with van der Waals surface area (Å²) >= 11 is 0. The van der Waals surface area contributed by atoms with Crippen molar-refractivity contribution < 1.29 is 9.47 Å². The maximum absolute atomic E-state index is 5.83. The van der Waals surface area contributed by atoms with E-state index >= 15 is 0 Å². The summed E-state index contributed by atoms with van der Waals surface area (Å²) in [6.45, 7) is 1.36. The molecule has 0 spiro atoms. The summed E-state index contributed by atoms with van der Waals surface area (Å²) in [5, 5.41) is 0. The molecule has 0 aliphatic rings. The lowest BCUT2D eigenvalue weighted by Gasteiger charge is -2.20. The lowest BCUT2D eigenvalue weighted by molar-refractivity contribution is 0.327. The van der Waals surface area contributed by atoms with E-state index in [4.69, 9.17) is 15.2 Å². The van der Waals surface area contributed by atoms with Crippen molar-refractivity contribution >= 4 is 11.4 Å². The van der Waals surface area contributed by atoms with E-state index in [1.54, 1.807) is 7.11 Å². The van der Waals surface area contributed by atoms with E-state index in [0.717, 1.165) is 23.7 Å². The average molecular weight is 272 g/mol. The summed E-state index contributed by atoms with van der Waals surface area (Å²) in [6.07, 6.45) is 0. The highest BCUT2D eigenvalue weighted by molar-refractivity contribution is 5.52. The third kappa shape index (κ3) is 3.57. The molecule has 0 saturated heterocycles. The van der Waals surface area contributed by atoms with Crippen LogP contribution in [0.4, 0.5) is 11.4 Å². The van der Waals surface area contributed by atoms with Crippen molar-refractivity contribution in [1.29, 1.82) is 0 Å². The Balaban J connectivity index is 1.85. The summed E-state index contributed by atoms with van der Waals surface area (Å²) < 4.78 is 10.8. The van der Waals surface area contributed by atoms with Gasteiger partial charge in [-0.2, -0.15) is 0 Å². The maximum atomic E-state index is 5.83. The molecule has 0 unspecified atom stereocenters. The molecule has 0 aliphatic heterocycles. The van der Waals surface area contributed by atoms with Crippen LogP contribution < -0.4 is 20.1 Å². The number of methoxy groups -OCH3 is 1. The van der Waals surface area contributed by atoms with Crippen LogP contribution in [0, 0.1) is 0 Å². The molecule has 4 nitrogen and oxygen atoms in total. The molecule has 2 rings (SSSR count).